The number of amides is 1. The van der Waals surface area contributed by atoms with Crippen molar-refractivity contribution in [2.45, 2.75) is 82.3 Å². The Labute approximate surface area is 249 Å². The molecular weight excluding hydrogens is 635 g/mol. The summed E-state index contributed by atoms with van der Waals surface area (Å²) in [5, 5.41) is 0. The Morgan fingerprint density at radius 2 is 1.57 bits per heavy atom. The van der Waals surface area contributed by atoms with Gasteiger partial charge in [-0.15, -0.1) is 0 Å². The largest absolute Gasteiger partial charge is 0.434 e. The van der Waals surface area contributed by atoms with Crippen LogP contribution < -0.4 is 9.62 Å². The lowest BCUT2D eigenvalue weighted by molar-refractivity contribution is -0.308. The number of carbonyl (C=O) groups is 1. The molecule has 0 spiro atoms. The second kappa shape index (κ2) is 13.1. The van der Waals surface area contributed by atoms with Crippen molar-refractivity contribution in [3.8, 4) is 0 Å². The van der Waals surface area contributed by atoms with Crippen LogP contribution in [0, 0.1) is 0 Å². The summed E-state index contributed by atoms with van der Waals surface area (Å²) in [6.07, 6.45) is -20.2. The molecule has 0 bridgehead atoms. The Bertz CT molecular complexity index is 1240. The second-order valence-electron chi connectivity index (χ2n) is 11.3. The number of benzene rings is 1. The van der Waals surface area contributed by atoms with E-state index in [1.54, 1.807) is 18.7 Å². The summed E-state index contributed by atoms with van der Waals surface area (Å²) < 4.78 is 148. The van der Waals surface area contributed by atoms with Crippen LogP contribution in [0.15, 0.2) is 18.2 Å². The summed E-state index contributed by atoms with van der Waals surface area (Å²) in [5.41, 5.74) is -0.683. The lowest BCUT2D eigenvalue weighted by atomic mass is 9.87. The number of likely N-dealkylation sites (tertiary alicyclic amines) is 1. The average Bonchev–Trinajstić information content (AvgIpc) is 2.88. The van der Waals surface area contributed by atoms with Crippen LogP contribution in [0.25, 0.3) is 0 Å². The summed E-state index contributed by atoms with van der Waals surface area (Å²) in [4.78, 5) is 16.7. The quantitative estimate of drug-likeness (QED) is 0.367. The number of rotatable bonds is 8. The normalized spacial score (nSPS) is 19.1. The monoisotopic (exact) mass is 670 g/mol. The lowest BCUT2D eigenvalue weighted by Crippen LogP contribution is -2.55. The van der Waals surface area contributed by atoms with Gasteiger partial charge in [0.15, 0.2) is 0 Å². The SMILES string of the molecule is CCN(Cc1ccc(C(F)(F)F)cc1N1CCC(NS(C)(=O)=O)CC1)C1(C)CCN(C(=O)OC(C(F)(F)F)C(F)(F)F)CC1. The molecule has 0 atom stereocenters. The van der Waals surface area contributed by atoms with Gasteiger partial charge in [-0.05, 0) is 56.8 Å². The van der Waals surface area contributed by atoms with Crippen LogP contribution in [-0.2, 0) is 27.5 Å². The molecule has 2 fully saturated rings. The van der Waals surface area contributed by atoms with Crippen LogP contribution in [-0.4, -0.2) is 93.3 Å². The summed E-state index contributed by atoms with van der Waals surface area (Å²) in [6, 6.07) is 3.02. The van der Waals surface area contributed by atoms with Gasteiger partial charge in [-0.25, -0.2) is 17.9 Å². The minimum atomic E-state index is -5.84. The number of ether oxygens (including phenoxy) is 1. The summed E-state index contributed by atoms with van der Waals surface area (Å²) in [6.45, 7) is 4.35. The van der Waals surface area contributed by atoms with E-state index in [0.717, 1.165) is 23.3 Å². The van der Waals surface area contributed by atoms with Crippen molar-refractivity contribution in [1.29, 1.82) is 0 Å². The Kier molecular flexibility index (Phi) is 10.7. The van der Waals surface area contributed by atoms with Crippen molar-refractivity contribution in [3.63, 3.8) is 0 Å². The van der Waals surface area contributed by atoms with Gasteiger partial charge in [-0.1, -0.05) is 13.0 Å². The van der Waals surface area contributed by atoms with Gasteiger partial charge in [0, 0.05) is 50.0 Å². The van der Waals surface area contributed by atoms with Gasteiger partial charge in [0.2, 0.25) is 10.0 Å². The molecule has 1 aromatic rings. The first-order valence-electron chi connectivity index (χ1n) is 13.8. The zero-order valence-corrected chi connectivity index (χ0v) is 25.1. The fourth-order valence-corrected chi connectivity index (χ4v) is 6.42. The molecule has 2 aliphatic heterocycles. The van der Waals surface area contributed by atoms with Crippen LogP contribution in [0.4, 0.5) is 50.0 Å². The molecule has 1 N–H and O–H groups in total. The Balaban J connectivity index is 1.76. The van der Waals surface area contributed by atoms with Gasteiger partial charge in [-0.3, -0.25) is 4.90 Å². The topological polar surface area (TPSA) is 82.2 Å². The van der Waals surface area contributed by atoms with E-state index in [-0.39, 0.29) is 38.5 Å². The van der Waals surface area contributed by atoms with Crippen molar-refractivity contribution in [2.24, 2.45) is 0 Å². The standard InChI is InChI=1S/C26H35F9N4O4S/c1-4-39(23(2)9-13-38(14-10-23)22(40)43-21(25(30,31)32)26(33,34)35)16-17-5-6-18(24(27,28)29)15-20(17)37-11-7-19(8-12-37)36-44(3,41)42/h5-6,15,19,21,36H,4,7-14,16H2,1-3H3. The lowest BCUT2D eigenvalue weighted by Gasteiger charge is -2.47. The first-order valence-corrected chi connectivity index (χ1v) is 15.7. The van der Waals surface area contributed by atoms with E-state index in [1.807, 2.05) is 4.90 Å². The van der Waals surface area contributed by atoms with Crippen molar-refractivity contribution >= 4 is 21.8 Å². The molecule has 18 heteroatoms. The van der Waals surface area contributed by atoms with E-state index in [4.69, 9.17) is 0 Å². The first kappa shape index (κ1) is 36.0. The van der Waals surface area contributed by atoms with Crippen molar-refractivity contribution < 1.29 is 57.5 Å². The fourth-order valence-electron chi connectivity index (χ4n) is 5.58. The van der Waals surface area contributed by atoms with Crippen molar-refractivity contribution in [2.75, 3.05) is 43.9 Å². The number of halogens is 9. The number of nitrogens with one attached hydrogen (secondary N) is 1. The maximum Gasteiger partial charge on any atom is 0.434 e. The van der Waals surface area contributed by atoms with Gasteiger partial charge in [0.1, 0.15) is 0 Å². The predicted molar refractivity (Wildman–Crippen MR) is 142 cm³/mol. The number of carbonyl (C=O) groups excluding carboxylic acids is 1. The molecule has 3 rings (SSSR count). The van der Waals surface area contributed by atoms with Gasteiger partial charge in [0.25, 0.3) is 6.10 Å². The summed E-state index contributed by atoms with van der Waals surface area (Å²) in [7, 11) is -3.46. The molecule has 1 aromatic carbocycles. The van der Waals surface area contributed by atoms with Gasteiger partial charge in [0.05, 0.1) is 11.8 Å². The number of hydrogen-bond donors (Lipinski definition) is 1. The van der Waals surface area contributed by atoms with E-state index < -0.39 is 51.9 Å². The molecule has 0 saturated carbocycles. The molecular formula is C26H35F9N4O4S. The van der Waals surface area contributed by atoms with E-state index in [1.165, 1.54) is 6.07 Å². The van der Waals surface area contributed by atoms with Crippen LogP contribution in [0.1, 0.15) is 50.7 Å². The van der Waals surface area contributed by atoms with Crippen LogP contribution in [0.3, 0.4) is 0 Å². The Morgan fingerprint density at radius 1 is 1.02 bits per heavy atom. The van der Waals surface area contributed by atoms with Crippen molar-refractivity contribution in [3.05, 3.63) is 29.3 Å². The summed E-state index contributed by atoms with van der Waals surface area (Å²) >= 11 is 0. The highest BCUT2D eigenvalue weighted by atomic mass is 32.2. The van der Waals surface area contributed by atoms with Crippen molar-refractivity contribution in [1.82, 2.24) is 14.5 Å². The predicted octanol–water partition coefficient (Wildman–Crippen LogP) is 5.53. The Morgan fingerprint density at radius 3 is 2.02 bits per heavy atom. The fraction of sp³-hybridized carbons (Fsp3) is 0.731. The highest BCUT2D eigenvalue weighted by molar-refractivity contribution is 7.88. The molecule has 252 valence electrons. The number of hydrogen-bond acceptors (Lipinski definition) is 6. The second-order valence-corrected chi connectivity index (χ2v) is 13.1. The molecule has 0 aliphatic carbocycles. The number of sulfonamides is 1. The third-order valence-corrected chi connectivity index (χ3v) is 8.81. The molecule has 2 saturated heterocycles. The minimum Gasteiger partial charge on any atom is -0.426 e. The van der Waals surface area contributed by atoms with Crippen LogP contribution in [0.5, 0.6) is 0 Å². The number of anilines is 1. The van der Waals surface area contributed by atoms with Gasteiger partial charge >= 0.3 is 24.6 Å². The molecule has 0 aromatic heterocycles. The van der Waals surface area contributed by atoms with E-state index in [0.29, 0.717) is 43.7 Å². The Hall–Kier alpha value is -2.47. The van der Waals surface area contributed by atoms with Gasteiger partial charge in [-0.2, -0.15) is 39.5 Å². The molecule has 1 amide bonds. The van der Waals surface area contributed by atoms with Gasteiger partial charge < -0.3 is 14.5 Å². The molecule has 0 radical (unpaired) electrons. The zero-order valence-electron chi connectivity index (χ0n) is 24.2. The summed E-state index contributed by atoms with van der Waals surface area (Å²) in [5.74, 6) is 0. The molecule has 44 heavy (non-hydrogen) atoms. The van der Waals surface area contributed by atoms with E-state index in [9.17, 15) is 52.7 Å². The zero-order chi connectivity index (χ0) is 33.3. The highest BCUT2D eigenvalue weighted by Gasteiger charge is 2.60. The maximum absolute atomic E-state index is 13.6. The van der Waals surface area contributed by atoms with Crippen LogP contribution >= 0.6 is 0 Å². The maximum atomic E-state index is 13.6. The van der Waals surface area contributed by atoms with E-state index >= 15 is 0 Å². The number of alkyl halides is 9. The minimum absolute atomic E-state index is 0.150. The van der Waals surface area contributed by atoms with Crippen LogP contribution in [0.2, 0.25) is 0 Å². The first-order chi connectivity index (χ1) is 20.0. The number of nitrogens with zero attached hydrogens (tertiary/aromatic N) is 3. The molecule has 0 unspecified atom stereocenters. The number of piperidine rings is 2. The average molecular weight is 671 g/mol. The molecule has 8 nitrogen and oxygen atoms in total. The smallest absolute Gasteiger partial charge is 0.426 e. The molecule has 2 aliphatic rings. The highest BCUT2D eigenvalue weighted by Crippen LogP contribution is 2.39. The third kappa shape index (κ3) is 9.28. The van der Waals surface area contributed by atoms with E-state index in [2.05, 4.69) is 9.46 Å². The third-order valence-electron chi connectivity index (χ3n) is 8.05. The molecule has 2 heterocycles.